The van der Waals surface area contributed by atoms with Crippen LogP contribution in [-0.2, 0) is 21.4 Å². The Labute approximate surface area is 177 Å². The number of carbonyl (C=O) groups excluding carboxylic acids is 1. The summed E-state index contributed by atoms with van der Waals surface area (Å²) in [5.41, 5.74) is 1.82. The van der Waals surface area contributed by atoms with Gasteiger partial charge in [0.05, 0.1) is 17.0 Å². The summed E-state index contributed by atoms with van der Waals surface area (Å²) in [6, 6.07) is 14.6. The lowest BCUT2D eigenvalue weighted by molar-refractivity contribution is -0.114. The molecule has 30 heavy (non-hydrogen) atoms. The van der Waals surface area contributed by atoms with Crippen LogP contribution < -0.4 is 5.32 Å². The molecule has 0 aliphatic rings. The zero-order chi connectivity index (χ0) is 21.7. The lowest BCUT2D eigenvalue weighted by Gasteiger charge is -2.21. The van der Waals surface area contributed by atoms with E-state index in [1.54, 1.807) is 16.4 Å². The van der Waals surface area contributed by atoms with Crippen molar-refractivity contribution in [2.24, 2.45) is 0 Å². The summed E-state index contributed by atoms with van der Waals surface area (Å²) in [5, 5.41) is 8.16. The molecule has 2 aromatic carbocycles. The highest BCUT2D eigenvalue weighted by atomic mass is 32.2. The fourth-order valence-corrected chi connectivity index (χ4v) is 5.07. The normalized spacial score (nSPS) is 11.9. The number of anilines is 1. The lowest BCUT2D eigenvalue weighted by Crippen LogP contribution is -2.32. The molecule has 0 spiro atoms. The topological polar surface area (TPSA) is 84.3 Å². The van der Waals surface area contributed by atoms with Gasteiger partial charge in [0, 0.05) is 25.4 Å². The molecule has 1 N–H and O–H groups in total. The van der Waals surface area contributed by atoms with Crippen molar-refractivity contribution in [1.29, 1.82) is 0 Å². The van der Waals surface area contributed by atoms with Crippen molar-refractivity contribution in [3.63, 3.8) is 0 Å². The summed E-state index contributed by atoms with van der Waals surface area (Å²) in [6.45, 7) is 6.91. The number of nitrogens with zero attached hydrogens (tertiary/aromatic N) is 3. The van der Waals surface area contributed by atoms with E-state index in [-0.39, 0.29) is 5.91 Å². The molecule has 0 atom stereocenters. The second-order valence-electron chi connectivity index (χ2n) is 7.25. The maximum absolute atomic E-state index is 12.9. The first-order valence-corrected chi connectivity index (χ1v) is 11.6. The zero-order valence-electron chi connectivity index (χ0n) is 17.6. The van der Waals surface area contributed by atoms with Crippen LogP contribution in [0.5, 0.6) is 0 Å². The van der Waals surface area contributed by atoms with Gasteiger partial charge in [-0.1, -0.05) is 38.1 Å². The third-order valence-electron chi connectivity index (χ3n) is 4.79. The van der Waals surface area contributed by atoms with E-state index in [0.717, 1.165) is 29.3 Å². The molecule has 3 rings (SSSR count). The van der Waals surface area contributed by atoms with E-state index in [1.807, 2.05) is 54.9 Å². The Balaban J connectivity index is 1.87. The van der Waals surface area contributed by atoms with Crippen molar-refractivity contribution in [3.05, 3.63) is 54.1 Å². The second-order valence-corrected chi connectivity index (χ2v) is 9.19. The maximum atomic E-state index is 12.9. The van der Waals surface area contributed by atoms with Gasteiger partial charge in [-0.15, -0.1) is 0 Å². The van der Waals surface area contributed by atoms with Gasteiger partial charge < -0.3 is 5.32 Å². The summed E-state index contributed by atoms with van der Waals surface area (Å²) >= 11 is 0. The Morgan fingerprint density at radius 1 is 1.03 bits per heavy atom. The quantitative estimate of drug-likeness (QED) is 0.561. The molecular formula is C22H28N4O3S. The number of aromatic nitrogens is 2. The fraction of sp³-hybridized carbons (Fsp3) is 0.364. The van der Waals surface area contributed by atoms with E-state index in [1.165, 1.54) is 6.92 Å². The zero-order valence-corrected chi connectivity index (χ0v) is 18.4. The minimum absolute atomic E-state index is 0.177. The molecule has 160 valence electrons. The Hall–Kier alpha value is -2.71. The van der Waals surface area contributed by atoms with Crippen molar-refractivity contribution < 1.29 is 13.2 Å². The highest BCUT2D eigenvalue weighted by Crippen LogP contribution is 2.24. The van der Waals surface area contributed by atoms with Crippen molar-refractivity contribution in [2.45, 2.75) is 45.1 Å². The molecule has 0 saturated carbocycles. The molecule has 0 unspecified atom stereocenters. The van der Waals surface area contributed by atoms with Crippen LogP contribution in [0.15, 0.2) is 53.4 Å². The number of amides is 1. The Kier molecular flexibility index (Phi) is 6.89. The van der Waals surface area contributed by atoms with Crippen molar-refractivity contribution in [2.75, 3.05) is 18.4 Å². The highest BCUT2D eigenvalue weighted by molar-refractivity contribution is 7.89. The standard InChI is InChI=1S/C22H28N4O3S/c1-4-14-25(15-5-2)30(28,29)19-12-10-18(11-13-19)16-26-21-9-7-6-8-20(21)22(24-26)23-17(3)27/h6-13H,4-5,14-16H2,1-3H3,(H,23,24,27). The number of carbonyl (C=O) groups is 1. The molecule has 0 radical (unpaired) electrons. The van der Waals surface area contributed by atoms with Crippen LogP contribution in [0.25, 0.3) is 10.9 Å². The average molecular weight is 429 g/mol. The fourth-order valence-electron chi connectivity index (χ4n) is 3.45. The van der Waals surface area contributed by atoms with Crippen LogP contribution >= 0.6 is 0 Å². The molecule has 0 saturated heterocycles. The van der Waals surface area contributed by atoms with Gasteiger partial charge >= 0.3 is 0 Å². The molecule has 7 nitrogen and oxygen atoms in total. The minimum atomic E-state index is -3.50. The summed E-state index contributed by atoms with van der Waals surface area (Å²) in [4.78, 5) is 11.8. The van der Waals surface area contributed by atoms with Crippen LogP contribution in [0, 0.1) is 0 Å². The van der Waals surface area contributed by atoms with Gasteiger partial charge in [-0.05, 0) is 42.7 Å². The number of sulfonamides is 1. The second kappa shape index (κ2) is 9.40. The number of nitrogens with one attached hydrogen (secondary N) is 1. The van der Waals surface area contributed by atoms with Crippen LogP contribution in [0.1, 0.15) is 39.2 Å². The van der Waals surface area contributed by atoms with Gasteiger partial charge in [-0.2, -0.15) is 9.40 Å². The predicted octanol–water partition coefficient (Wildman–Crippen LogP) is 3.85. The highest BCUT2D eigenvalue weighted by Gasteiger charge is 2.23. The van der Waals surface area contributed by atoms with E-state index in [0.29, 0.717) is 30.3 Å². The van der Waals surface area contributed by atoms with Gasteiger partial charge in [-0.25, -0.2) is 8.42 Å². The number of fused-ring (bicyclic) bond motifs is 1. The van der Waals surface area contributed by atoms with Crippen LogP contribution in [0.4, 0.5) is 5.82 Å². The molecule has 8 heteroatoms. The van der Waals surface area contributed by atoms with E-state index in [4.69, 9.17) is 0 Å². The number of hydrogen-bond donors (Lipinski definition) is 1. The Morgan fingerprint density at radius 3 is 2.27 bits per heavy atom. The molecule has 3 aromatic rings. The van der Waals surface area contributed by atoms with Crippen LogP contribution in [-0.4, -0.2) is 41.5 Å². The van der Waals surface area contributed by atoms with Gasteiger partial charge in [0.1, 0.15) is 0 Å². The predicted molar refractivity (Wildman–Crippen MR) is 119 cm³/mol. The third-order valence-corrected chi connectivity index (χ3v) is 6.70. The lowest BCUT2D eigenvalue weighted by atomic mass is 10.2. The minimum Gasteiger partial charge on any atom is -0.309 e. The molecular weight excluding hydrogens is 400 g/mol. The molecule has 0 aliphatic carbocycles. The maximum Gasteiger partial charge on any atom is 0.243 e. The molecule has 0 fully saturated rings. The first kappa shape index (κ1) is 22.0. The first-order valence-electron chi connectivity index (χ1n) is 10.2. The summed E-state index contributed by atoms with van der Waals surface area (Å²) in [7, 11) is -3.50. The molecule has 0 bridgehead atoms. The smallest absolute Gasteiger partial charge is 0.243 e. The Bertz CT molecular complexity index is 1110. The van der Waals surface area contributed by atoms with Crippen LogP contribution in [0.2, 0.25) is 0 Å². The van der Waals surface area contributed by atoms with Gasteiger partial charge in [0.2, 0.25) is 15.9 Å². The third kappa shape index (κ3) is 4.71. The number of para-hydroxylation sites is 1. The monoisotopic (exact) mass is 428 g/mol. The number of benzene rings is 2. The first-order chi connectivity index (χ1) is 14.4. The van der Waals surface area contributed by atoms with Crippen molar-refractivity contribution in [3.8, 4) is 0 Å². The summed E-state index contributed by atoms with van der Waals surface area (Å²) in [5.74, 6) is 0.343. The van der Waals surface area contributed by atoms with Gasteiger partial charge in [-0.3, -0.25) is 9.48 Å². The molecule has 1 heterocycles. The van der Waals surface area contributed by atoms with E-state index < -0.39 is 10.0 Å². The molecule has 0 aliphatic heterocycles. The van der Waals surface area contributed by atoms with Gasteiger partial charge in [0.25, 0.3) is 0 Å². The number of hydrogen-bond acceptors (Lipinski definition) is 4. The van der Waals surface area contributed by atoms with E-state index >= 15 is 0 Å². The molecule has 1 aromatic heterocycles. The van der Waals surface area contributed by atoms with Crippen molar-refractivity contribution in [1.82, 2.24) is 14.1 Å². The van der Waals surface area contributed by atoms with E-state index in [9.17, 15) is 13.2 Å². The average Bonchev–Trinajstić information content (AvgIpc) is 3.05. The number of rotatable bonds is 9. The molecule has 1 amide bonds. The van der Waals surface area contributed by atoms with Gasteiger partial charge in [0.15, 0.2) is 5.82 Å². The largest absolute Gasteiger partial charge is 0.309 e. The Morgan fingerprint density at radius 2 is 1.67 bits per heavy atom. The van der Waals surface area contributed by atoms with Crippen LogP contribution in [0.3, 0.4) is 0 Å². The van der Waals surface area contributed by atoms with E-state index in [2.05, 4.69) is 10.4 Å². The summed E-state index contributed by atoms with van der Waals surface area (Å²) < 4.78 is 29.2. The summed E-state index contributed by atoms with van der Waals surface area (Å²) in [6.07, 6.45) is 1.56. The van der Waals surface area contributed by atoms with Crippen molar-refractivity contribution >= 4 is 32.7 Å². The SMILES string of the molecule is CCCN(CCC)S(=O)(=O)c1ccc(Cn2nc(NC(C)=O)c3ccccc32)cc1.